The molecule has 5 nitrogen and oxygen atoms in total. The van der Waals surface area contributed by atoms with Gasteiger partial charge in [0.2, 0.25) is 0 Å². The molecule has 1 aliphatic heterocycles. The molecule has 38 heavy (non-hydrogen) atoms. The average molecular weight is 538 g/mol. The largest absolute Gasteiger partial charge is 0.481 e. The molecule has 0 saturated carbocycles. The first-order valence-corrected chi connectivity index (χ1v) is 13.3. The van der Waals surface area contributed by atoms with Crippen molar-refractivity contribution >= 4 is 18.4 Å². The number of rotatable bonds is 10. The molecule has 6 heteroatoms. The third-order valence-electron chi connectivity index (χ3n) is 8.11. The molecule has 3 N–H and O–H groups in total. The lowest BCUT2D eigenvalue weighted by Gasteiger charge is -2.42. The number of hydrogen-bond acceptors (Lipinski definition) is 4. The number of likely N-dealkylation sites (tertiary alicyclic amines) is 1. The van der Waals surface area contributed by atoms with Crippen LogP contribution in [0.2, 0.25) is 0 Å². The fourth-order valence-corrected chi connectivity index (χ4v) is 5.52. The molecule has 0 amide bonds. The number of halogens is 1. The lowest BCUT2D eigenvalue weighted by Crippen LogP contribution is -2.44. The number of benzene rings is 3. The zero-order chi connectivity index (χ0) is 26.5. The Bertz CT molecular complexity index is 1100. The van der Waals surface area contributed by atoms with Gasteiger partial charge in [-0.15, -0.1) is 12.4 Å². The van der Waals surface area contributed by atoms with Crippen LogP contribution in [0.25, 0.3) is 0 Å². The SMILES string of the molecule is CC(C)(C(=O)O)c1ccc([C@H](O)CCCN2CCC(C(O)(c3ccccc3)c3ccccc3)CC2)cc1.Cl. The van der Waals surface area contributed by atoms with Gasteiger partial charge >= 0.3 is 5.97 Å². The van der Waals surface area contributed by atoms with Crippen LogP contribution in [0, 0.1) is 5.92 Å². The standard InChI is InChI=1S/C32H39NO4.ClH/c1-31(2,30(35)36)25-17-15-24(16-18-25)29(34)14-9-21-33-22-19-28(20-23-33)32(37,26-10-5-3-6-11-26)27-12-7-4-8-13-27;/h3-8,10-13,15-18,28-29,34,37H,9,14,19-23H2,1-2H3,(H,35,36);1H/t29-;/m1./s1. The Balaban J connectivity index is 0.00000400. The van der Waals surface area contributed by atoms with Crippen molar-refractivity contribution in [2.24, 2.45) is 5.92 Å². The molecule has 0 spiro atoms. The predicted octanol–water partition coefficient (Wildman–Crippen LogP) is 5.93. The monoisotopic (exact) mass is 537 g/mol. The van der Waals surface area contributed by atoms with Gasteiger partial charge in [0.1, 0.15) is 5.60 Å². The van der Waals surface area contributed by atoms with E-state index in [4.69, 9.17) is 0 Å². The van der Waals surface area contributed by atoms with E-state index in [1.54, 1.807) is 26.0 Å². The number of carbonyl (C=O) groups is 1. The Hall–Kier alpha value is -2.70. The lowest BCUT2D eigenvalue weighted by molar-refractivity contribution is -0.142. The van der Waals surface area contributed by atoms with E-state index in [-0.39, 0.29) is 18.3 Å². The molecule has 0 aliphatic carbocycles. The highest BCUT2D eigenvalue weighted by molar-refractivity contribution is 5.85. The maximum Gasteiger partial charge on any atom is 0.313 e. The maximum absolute atomic E-state index is 12.1. The molecule has 204 valence electrons. The van der Waals surface area contributed by atoms with Gasteiger partial charge in [-0.25, -0.2) is 0 Å². The van der Waals surface area contributed by atoms with Crippen molar-refractivity contribution in [2.45, 2.75) is 56.7 Å². The zero-order valence-corrected chi connectivity index (χ0v) is 23.1. The van der Waals surface area contributed by atoms with Gasteiger partial charge in [0, 0.05) is 0 Å². The van der Waals surface area contributed by atoms with Crippen LogP contribution >= 0.6 is 12.4 Å². The van der Waals surface area contributed by atoms with E-state index in [0.29, 0.717) is 6.42 Å². The van der Waals surface area contributed by atoms with E-state index in [1.165, 1.54) is 0 Å². The molecule has 1 fully saturated rings. The minimum Gasteiger partial charge on any atom is -0.481 e. The summed E-state index contributed by atoms with van der Waals surface area (Å²) in [6, 6.07) is 27.3. The Morgan fingerprint density at radius 2 is 1.37 bits per heavy atom. The second-order valence-corrected chi connectivity index (χ2v) is 10.8. The Labute approximate surface area is 232 Å². The van der Waals surface area contributed by atoms with Crippen molar-refractivity contribution in [3.05, 3.63) is 107 Å². The number of carboxylic acids is 1. The number of piperidine rings is 1. The Kier molecular flexibility index (Phi) is 10.1. The summed E-state index contributed by atoms with van der Waals surface area (Å²) in [5.41, 5.74) is 1.47. The van der Waals surface area contributed by atoms with Gasteiger partial charge in [0.25, 0.3) is 0 Å². The van der Waals surface area contributed by atoms with Gasteiger partial charge in [0.05, 0.1) is 11.5 Å². The van der Waals surface area contributed by atoms with Gasteiger partial charge in [-0.05, 0) is 87.3 Å². The number of aliphatic hydroxyl groups is 2. The molecule has 0 unspecified atom stereocenters. The predicted molar refractivity (Wildman–Crippen MR) is 154 cm³/mol. The quantitative estimate of drug-likeness (QED) is 0.298. The highest BCUT2D eigenvalue weighted by Gasteiger charge is 2.41. The summed E-state index contributed by atoms with van der Waals surface area (Å²) >= 11 is 0. The third-order valence-corrected chi connectivity index (χ3v) is 8.11. The van der Waals surface area contributed by atoms with E-state index in [9.17, 15) is 20.1 Å². The van der Waals surface area contributed by atoms with Crippen LogP contribution in [0.3, 0.4) is 0 Å². The zero-order valence-electron chi connectivity index (χ0n) is 22.3. The van der Waals surface area contributed by atoms with Crippen LogP contribution < -0.4 is 0 Å². The number of hydrogen-bond donors (Lipinski definition) is 3. The van der Waals surface area contributed by atoms with Gasteiger partial charge < -0.3 is 20.2 Å². The maximum atomic E-state index is 12.1. The first-order chi connectivity index (χ1) is 17.7. The fraction of sp³-hybridized carbons (Fsp3) is 0.406. The number of carboxylic acid groups (broad SMARTS) is 1. The van der Waals surface area contributed by atoms with Crippen molar-refractivity contribution < 1.29 is 20.1 Å². The molecule has 1 saturated heterocycles. The van der Waals surface area contributed by atoms with Gasteiger partial charge in [-0.3, -0.25) is 4.79 Å². The number of nitrogens with zero attached hydrogens (tertiary/aromatic N) is 1. The van der Waals surface area contributed by atoms with Crippen LogP contribution in [0.1, 0.15) is 67.9 Å². The normalized spacial score (nSPS) is 16.0. The summed E-state index contributed by atoms with van der Waals surface area (Å²) in [6.45, 7) is 6.11. The molecule has 1 heterocycles. The minimum atomic E-state index is -1.01. The third kappa shape index (κ3) is 6.47. The number of aliphatic carboxylic acids is 1. The van der Waals surface area contributed by atoms with Crippen molar-refractivity contribution in [3.63, 3.8) is 0 Å². The van der Waals surface area contributed by atoms with Crippen molar-refractivity contribution in [3.8, 4) is 0 Å². The smallest absolute Gasteiger partial charge is 0.313 e. The Morgan fingerprint density at radius 3 is 1.84 bits per heavy atom. The minimum absolute atomic E-state index is 0. The molecular formula is C32H40ClNO4. The van der Waals surface area contributed by atoms with Crippen LogP contribution in [0.15, 0.2) is 84.9 Å². The molecule has 1 atom stereocenters. The van der Waals surface area contributed by atoms with Crippen molar-refractivity contribution in [2.75, 3.05) is 19.6 Å². The summed E-state index contributed by atoms with van der Waals surface area (Å²) in [5, 5.41) is 32.2. The molecule has 4 rings (SSSR count). The van der Waals surface area contributed by atoms with Crippen molar-refractivity contribution in [1.29, 1.82) is 0 Å². The molecular weight excluding hydrogens is 498 g/mol. The van der Waals surface area contributed by atoms with Gasteiger partial charge in [-0.1, -0.05) is 84.9 Å². The molecule has 3 aromatic carbocycles. The molecule has 1 aliphatic rings. The molecule has 0 bridgehead atoms. The highest BCUT2D eigenvalue weighted by Crippen LogP contribution is 2.42. The van der Waals surface area contributed by atoms with Crippen LogP contribution in [-0.2, 0) is 15.8 Å². The summed E-state index contributed by atoms with van der Waals surface area (Å²) in [7, 11) is 0. The summed E-state index contributed by atoms with van der Waals surface area (Å²) in [5.74, 6) is -0.733. The van der Waals surface area contributed by atoms with E-state index >= 15 is 0 Å². The van der Waals surface area contributed by atoms with Gasteiger partial charge in [0.15, 0.2) is 0 Å². The summed E-state index contributed by atoms with van der Waals surface area (Å²) < 4.78 is 0. The van der Waals surface area contributed by atoms with Crippen molar-refractivity contribution in [1.82, 2.24) is 4.90 Å². The summed E-state index contributed by atoms with van der Waals surface area (Å²) in [6.07, 6.45) is 2.77. The first kappa shape index (κ1) is 29.9. The number of aliphatic hydroxyl groups excluding tert-OH is 1. The molecule has 3 aromatic rings. The summed E-state index contributed by atoms with van der Waals surface area (Å²) in [4.78, 5) is 13.9. The topological polar surface area (TPSA) is 81.0 Å². The van der Waals surface area contributed by atoms with Gasteiger partial charge in [-0.2, -0.15) is 0 Å². The Morgan fingerprint density at radius 1 is 0.868 bits per heavy atom. The van der Waals surface area contributed by atoms with Crippen LogP contribution in [0.5, 0.6) is 0 Å². The van der Waals surface area contributed by atoms with E-state index < -0.39 is 23.1 Å². The second-order valence-electron chi connectivity index (χ2n) is 10.8. The van der Waals surface area contributed by atoms with E-state index in [0.717, 1.165) is 61.2 Å². The lowest BCUT2D eigenvalue weighted by atomic mass is 9.72. The van der Waals surface area contributed by atoms with Crippen LogP contribution in [0.4, 0.5) is 0 Å². The molecule has 0 radical (unpaired) electrons. The highest BCUT2D eigenvalue weighted by atomic mass is 35.5. The van der Waals surface area contributed by atoms with E-state index in [1.807, 2.05) is 72.8 Å². The van der Waals surface area contributed by atoms with E-state index in [2.05, 4.69) is 4.90 Å². The second kappa shape index (κ2) is 12.9. The molecule has 0 aromatic heterocycles. The van der Waals surface area contributed by atoms with Crippen LogP contribution in [-0.4, -0.2) is 45.8 Å². The average Bonchev–Trinajstić information content (AvgIpc) is 2.94. The first-order valence-electron chi connectivity index (χ1n) is 13.3. The fourth-order valence-electron chi connectivity index (χ4n) is 5.52.